The number of halogens is 2. The quantitative estimate of drug-likeness (QED) is 0.655. The molecule has 0 spiro atoms. The van der Waals surface area contributed by atoms with Crippen LogP contribution in [0.15, 0.2) is 72.0 Å². The summed E-state index contributed by atoms with van der Waals surface area (Å²) in [6.07, 6.45) is 7.97. The van der Waals surface area contributed by atoms with Crippen LogP contribution in [0.4, 0.5) is 8.78 Å². The van der Waals surface area contributed by atoms with Gasteiger partial charge in [0, 0.05) is 24.0 Å². The number of aliphatic imine (C=N–C) groups is 1. The molecule has 2 aromatic carbocycles. The van der Waals surface area contributed by atoms with Gasteiger partial charge in [0.2, 0.25) is 0 Å². The van der Waals surface area contributed by atoms with Crippen molar-refractivity contribution in [3.8, 4) is 0 Å². The normalized spacial score (nSPS) is 13.1. The van der Waals surface area contributed by atoms with E-state index in [0.29, 0.717) is 18.5 Å². The average molecular weight is 346 g/mol. The van der Waals surface area contributed by atoms with E-state index in [0.717, 1.165) is 34.0 Å². The molecule has 0 atom stereocenters. The standard InChI is InChI=1S/C22H16F2N2/c23-19-10-17(11-20(24)13-19)9-16-1-3-18-14-26-22(21(18)12-16)4-2-15-5-7-25-8-6-15/h1-8,10-13H,9,14H2/b4-2+. The minimum atomic E-state index is -0.552. The molecule has 0 radical (unpaired) electrons. The summed E-state index contributed by atoms with van der Waals surface area (Å²) in [4.78, 5) is 8.60. The molecule has 1 aromatic heterocycles. The molecule has 0 fully saturated rings. The van der Waals surface area contributed by atoms with Gasteiger partial charge in [0.05, 0.1) is 12.3 Å². The predicted octanol–water partition coefficient (Wildman–Crippen LogP) is 4.97. The number of aromatic nitrogens is 1. The number of nitrogens with zero attached hydrogens (tertiary/aromatic N) is 2. The van der Waals surface area contributed by atoms with Crippen LogP contribution in [0.25, 0.3) is 6.08 Å². The summed E-state index contributed by atoms with van der Waals surface area (Å²) in [5, 5.41) is 0. The molecule has 1 aliphatic heterocycles. The third kappa shape index (κ3) is 3.59. The first-order chi connectivity index (χ1) is 12.7. The zero-order valence-electron chi connectivity index (χ0n) is 14.0. The molecule has 0 N–H and O–H groups in total. The Morgan fingerprint density at radius 2 is 1.62 bits per heavy atom. The number of fused-ring (bicyclic) bond motifs is 1. The van der Waals surface area contributed by atoms with Crippen LogP contribution in [-0.2, 0) is 13.0 Å². The Morgan fingerprint density at radius 1 is 0.846 bits per heavy atom. The first-order valence-corrected chi connectivity index (χ1v) is 8.37. The highest BCUT2D eigenvalue weighted by Crippen LogP contribution is 2.23. The number of allylic oxidation sites excluding steroid dienone is 1. The van der Waals surface area contributed by atoms with Crippen molar-refractivity contribution in [3.05, 3.63) is 106 Å². The predicted molar refractivity (Wildman–Crippen MR) is 99.1 cm³/mol. The van der Waals surface area contributed by atoms with Crippen LogP contribution in [0, 0.1) is 11.6 Å². The summed E-state index contributed by atoms with van der Waals surface area (Å²) in [5.41, 5.74) is 5.83. The van der Waals surface area contributed by atoms with Gasteiger partial charge in [-0.2, -0.15) is 0 Å². The average Bonchev–Trinajstić information content (AvgIpc) is 3.02. The lowest BCUT2D eigenvalue weighted by molar-refractivity contribution is 0.580. The maximum Gasteiger partial charge on any atom is 0.126 e. The van der Waals surface area contributed by atoms with E-state index >= 15 is 0 Å². The molecular weight excluding hydrogens is 330 g/mol. The van der Waals surface area contributed by atoms with Gasteiger partial charge in [0.15, 0.2) is 0 Å². The molecule has 0 amide bonds. The van der Waals surface area contributed by atoms with Gasteiger partial charge in [-0.3, -0.25) is 9.98 Å². The Labute approximate surface area is 150 Å². The molecule has 4 heteroatoms. The van der Waals surface area contributed by atoms with Crippen LogP contribution < -0.4 is 0 Å². The van der Waals surface area contributed by atoms with Gasteiger partial charge in [-0.05, 0) is 65.1 Å². The summed E-state index contributed by atoms with van der Waals surface area (Å²) in [6.45, 7) is 0.653. The lowest BCUT2D eigenvalue weighted by Crippen LogP contribution is -1.98. The second-order valence-electron chi connectivity index (χ2n) is 6.26. The van der Waals surface area contributed by atoms with Crippen molar-refractivity contribution in [3.63, 3.8) is 0 Å². The van der Waals surface area contributed by atoms with Gasteiger partial charge >= 0.3 is 0 Å². The van der Waals surface area contributed by atoms with Gasteiger partial charge in [0.25, 0.3) is 0 Å². The van der Waals surface area contributed by atoms with E-state index in [-0.39, 0.29) is 0 Å². The minimum Gasteiger partial charge on any atom is -0.280 e. The Bertz CT molecular complexity index is 988. The largest absolute Gasteiger partial charge is 0.280 e. The van der Waals surface area contributed by atoms with Crippen molar-refractivity contribution < 1.29 is 8.78 Å². The summed E-state index contributed by atoms with van der Waals surface area (Å²) in [7, 11) is 0. The molecule has 3 aromatic rings. The van der Waals surface area contributed by atoms with Crippen molar-refractivity contribution in [2.24, 2.45) is 4.99 Å². The first kappa shape index (κ1) is 16.3. The summed E-state index contributed by atoms with van der Waals surface area (Å²) < 4.78 is 26.8. The molecule has 0 bridgehead atoms. The van der Waals surface area contributed by atoms with Crippen molar-refractivity contribution in [2.75, 3.05) is 0 Å². The second-order valence-corrected chi connectivity index (χ2v) is 6.26. The van der Waals surface area contributed by atoms with Gasteiger partial charge in [-0.15, -0.1) is 0 Å². The number of pyridine rings is 1. The van der Waals surface area contributed by atoms with E-state index < -0.39 is 11.6 Å². The maximum atomic E-state index is 13.4. The highest BCUT2D eigenvalue weighted by atomic mass is 19.1. The molecule has 128 valence electrons. The molecule has 26 heavy (non-hydrogen) atoms. The topological polar surface area (TPSA) is 25.2 Å². The van der Waals surface area contributed by atoms with Gasteiger partial charge in [-0.25, -0.2) is 8.78 Å². The fourth-order valence-corrected chi connectivity index (χ4v) is 3.11. The highest BCUT2D eigenvalue weighted by molar-refractivity contribution is 6.13. The summed E-state index contributed by atoms with van der Waals surface area (Å²) >= 11 is 0. The van der Waals surface area contributed by atoms with Crippen molar-refractivity contribution in [1.29, 1.82) is 0 Å². The summed E-state index contributed by atoms with van der Waals surface area (Å²) in [5.74, 6) is -1.10. The fourth-order valence-electron chi connectivity index (χ4n) is 3.11. The lowest BCUT2D eigenvalue weighted by atomic mass is 9.97. The Hall–Kier alpha value is -3.14. The van der Waals surface area contributed by atoms with Crippen LogP contribution in [0.5, 0.6) is 0 Å². The number of rotatable bonds is 4. The van der Waals surface area contributed by atoms with Gasteiger partial charge in [-0.1, -0.05) is 18.2 Å². The van der Waals surface area contributed by atoms with E-state index in [1.54, 1.807) is 12.4 Å². The zero-order valence-corrected chi connectivity index (χ0v) is 14.0. The molecule has 0 saturated carbocycles. The molecule has 1 aliphatic rings. The molecule has 0 saturated heterocycles. The van der Waals surface area contributed by atoms with Gasteiger partial charge < -0.3 is 0 Å². The van der Waals surface area contributed by atoms with Crippen LogP contribution in [0.1, 0.15) is 27.8 Å². The van der Waals surface area contributed by atoms with Crippen molar-refractivity contribution in [1.82, 2.24) is 4.98 Å². The smallest absolute Gasteiger partial charge is 0.126 e. The molecule has 0 unspecified atom stereocenters. The number of hydrogen-bond donors (Lipinski definition) is 0. The SMILES string of the molecule is Fc1cc(F)cc(Cc2ccc3c(c2)C(/C=C/c2ccncc2)=NC3)c1. The fraction of sp³-hybridized carbons (Fsp3) is 0.0909. The monoisotopic (exact) mass is 346 g/mol. The lowest BCUT2D eigenvalue weighted by Gasteiger charge is -2.06. The molecule has 4 rings (SSSR count). The maximum absolute atomic E-state index is 13.4. The van der Waals surface area contributed by atoms with E-state index in [1.807, 2.05) is 36.4 Å². The van der Waals surface area contributed by atoms with E-state index in [1.165, 1.54) is 12.1 Å². The van der Waals surface area contributed by atoms with Crippen molar-refractivity contribution in [2.45, 2.75) is 13.0 Å². The zero-order chi connectivity index (χ0) is 17.9. The number of hydrogen-bond acceptors (Lipinski definition) is 2. The van der Waals surface area contributed by atoms with Gasteiger partial charge in [0.1, 0.15) is 11.6 Å². The van der Waals surface area contributed by atoms with Crippen LogP contribution in [-0.4, -0.2) is 10.7 Å². The minimum absolute atomic E-state index is 0.476. The molecule has 2 nitrogen and oxygen atoms in total. The molecule has 0 aliphatic carbocycles. The molecule has 2 heterocycles. The first-order valence-electron chi connectivity index (χ1n) is 8.37. The second kappa shape index (κ2) is 7.00. The van der Waals surface area contributed by atoms with E-state index in [4.69, 9.17) is 0 Å². The van der Waals surface area contributed by atoms with E-state index in [9.17, 15) is 8.78 Å². The van der Waals surface area contributed by atoms with Crippen LogP contribution in [0.3, 0.4) is 0 Å². The van der Waals surface area contributed by atoms with Crippen LogP contribution in [0.2, 0.25) is 0 Å². The van der Waals surface area contributed by atoms with Crippen LogP contribution >= 0.6 is 0 Å². The van der Waals surface area contributed by atoms with Crippen molar-refractivity contribution >= 4 is 11.8 Å². The Balaban J connectivity index is 1.58. The van der Waals surface area contributed by atoms with E-state index in [2.05, 4.69) is 16.0 Å². The summed E-state index contributed by atoms with van der Waals surface area (Å²) in [6, 6.07) is 13.6. The third-order valence-corrected chi connectivity index (χ3v) is 4.34. The Kier molecular flexibility index (Phi) is 4.40. The third-order valence-electron chi connectivity index (χ3n) is 4.34. The Morgan fingerprint density at radius 3 is 2.38 bits per heavy atom. The molecular formula is C22H16F2N2. The highest BCUT2D eigenvalue weighted by Gasteiger charge is 2.14. The number of benzene rings is 2.